The molecule has 5 heteroatoms. The highest BCUT2D eigenvalue weighted by Crippen LogP contribution is 2.21. The number of carbonyl (C=O) groups is 2. The van der Waals surface area contributed by atoms with Crippen molar-refractivity contribution in [3.05, 3.63) is 29.8 Å². The largest absolute Gasteiger partial charge is 0.481 e. The molecule has 1 rings (SSSR count). The van der Waals surface area contributed by atoms with Crippen LogP contribution < -0.4 is 5.32 Å². The first-order valence-corrected chi connectivity index (χ1v) is 8.64. The average molecular weight is 323 g/mol. The smallest absolute Gasteiger partial charge is 0.306 e. The fourth-order valence-corrected chi connectivity index (χ4v) is 3.08. The zero-order chi connectivity index (χ0) is 16.7. The van der Waals surface area contributed by atoms with E-state index in [4.69, 9.17) is 5.11 Å². The molecule has 1 amide bonds. The molecular formula is C17H25NO3S. The maximum atomic E-state index is 12.3. The third-order valence-electron chi connectivity index (χ3n) is 3.40. The molecule has 0 spiro atoms. The molecule has 0 aliphatic heterocycles. The molecule has 0 aliphatic carbocycles. The third kappa shape index (κ3) is 5.72. The summed E-state index contributed by atoms with van der Waals surface area (Å²) in [5.74, 6) is -0.00273. The number of thioether (sulfide) groups is 1. The van der Waals surface area contributed by atoms with Crippen LogP contribution in [0.15, 0.2) is 24.3 Å². The summed E-state index contributed by atoms with van der Waals surface area (Å²) in [6, 6.07) is 7.39. The van der Waals surface area contributed by atoms with Crippen molar-refractivity contribution in [2.75, 3.05) is 11.1 Å². The molecule has 0 bridgehead atoms. The number of benzene rings is 1. The van der Waals surface area contributed by atoms with Gasteiger partial charge < -0.3 is 10.4 Å². The van der Waals surface area contributed by atoms with Gasteiger partial charge in [-0.1, -0.05) is 39.8 Å². The lowest BCUT2D eigenvalue weighted by Gasteiger charge is -2.19. The summed E-state index contributed by atoms with van der Waals surface area (Å²) in [5.41, 5.74) is 1.70. The highest BCUT2D eigenvalue weighted by Gasteiger charge is 2.22. The Morgan fingerprint density at radius 3 is 2.23 bits per heavy atom. The number of carbonyl (C=O) groups excluding carboxylic acids is 1. The quantitative estimate of drug-likeness (QED) is 0.766. The predicted molar refractivity (Wildman–Crippen MR) is 92.3 cm³/mol. The Hall–Kier alpha value is -1.49. The van der Waals surface area contributed by atoms with Crippen molar-refractivity contribution in [3.63, 3.8) is 0 Å². The van der Waals surface area contributed by atoms with Crippen molar-refractivity contribution < 1.29 is 14.7 Å². The maximum absolute atomic E-state index is 12.3. The summed E-state index contributed by atoms with van der Waals surface area (Å²) in [6.45, 7) is 7.82. The summed E-state index contributed by atoms with van der Waals surface area (Å²) in [7, 11) is 0. The Kier molecular flexibility index (Phi) is 7.45. The molecule has 0 aliphatic rings. The Morgan fingerprint density at radius 1 is 1.18 bits per heavy atom. The first-order valence-electron chi connectivity index (χ1n) is 7.59. The summed E-state index contributed by atoms with van der Waals surface area (Å²) in [4.78, 5) is 23.1. The van der Waals surface area contributed by atoms with Gasteiger partial charge in [0.1, 0.15) is 0 Å². The standard InChI is InChI=1S/C17H25NO3S/c1-5-22-15(11(2)3)16(19)18-14-8-6-13(7-9-14)10-12(4)17(20)21/h6-9,11-12,15H,5,10H2,1-4H3,(H,18,19)(H,20,21). The van der Waals surface area contributed by atoms with E-state index in [9.17, 15) is 9.59 Å². The number of nitrogens with one attached hydrogen (secondary N) is 1. The summed E-state index contributed by atoms with van der Waals surface area (Å²) in [6.07, 6.45) is 0.490. The van der Waals surface area contributed by atoms with Crippen LogP contribution in [0.25, 0.3) is 0 Å². The fourth-order valence-electron chi connectivity index (χ4n) is 2.13. The summed E-state index contributed by atoms with van der Waals surface area (Å²) in [5, 5.41) is 11.8. The van der Waals surface area contributed by atoms with Gasteiger partial charge in [0.2, 0.25) is 5.91 Å². The minimum atomic E-state index is -0.797. The van der Waals surface area contributed by atoms with Crippen LogP contribution in [-0.4, -0.2) is 28.0 Å². The number of aliphatic carboxylic acids is 1. The molecule has 0 heterocycles. The van der Waals surface area contributed by atoms with E-state index in [0.717, 1.165) is 17.0 Å². The fraction of sp³-hybridized carbons (Fsp3) is 0.529. The van der Waals surface area contributed by atoms with E-state index in [1.54, 1.807) is 18.7 Å². The van der Waals surface area contributed by atoms with Gasteiger partial charge in [0.25, 0.3) is 0 Å². The van der Waals surface area contributed by atoms with Gasteiger partial charge in [0, 0.05) is 5.69 Å². The molecule has 0 aromatic heterocycles. The number of hydrogen-bond acceptors (Lipinski definition) is 3. The molecule has 1 aromatic rings. The van der Waals surface area contributed by atoms with Crippen LogP contribution in [0.1, 0.15) is 33.3 Å². The maximum Gasteiger partial charge on any atom is 0.306 e. The van der Waals surface area contributed by atoms with Gasteiger partial charge >= 0.3 is 5.97 Å². The average Bonchev–Trinajstić information content (AvgIpc) is 2.46. The lowest BCUT2D eigenvalue weighted by atomic mass is 10.0. The van der Waals surface area contributed by atoms with Crippen LogP contribution in [-0.2, 0) is 16.0 Å². The topological polar surface area (TPSA) is 66.4 Å². The van der Waals surface area contributed by atoms with Crippen molar-refractivity contribution >= 4 is 29.3 Å². The van der Waals surface area contributed by atoms with Crippen LogP contribution in [0.4, 0.5) is 5.69 Å². The second-order valence-electron chi connectivity index (χ2n) is 5.75. The van der Waals surface area contributed by atoms with E-state index in [2.05, 4.69) is 5.32 Å². The van der Waals surface area contributed by atoms with Crippen molar-refractivity contribution in [1.82, 2.24) is 0 Å². The lowest BCUT2D eigenvalue weighted by Crippen LogP contribution is -2.29. The number of anilines is 1. The second kappa shape index (κ2) is 8.83. The van der Waals surface area contributed by atoms with E-state index >= 15 is 0 Å². The van der Waals surface area contributed by atoms with E-state index < -0.39 is 11.9 Å². The summed E-state index contributed by atoms with van der Waals surface area (Å²) >= 11 is 1.65. The molecule has 122 valence electrons. The van der Waals surface area contributed by atoms with Crippen LogP contribution in [0.5, 0.6) is 0 Å². The van der Waals surface area contributed by atoms with Gasteiger partial charge in [0.05, 0.1) is 11.2 Å². The van der Waals surface area contributed by atoms with E-state index in [1.807, 2.05) is 45.0 Å². The molecule has 2 atom stereocenters. The molecule has 22 heavy (non-hydrogen) atoms. The van der Waals surface area contributed by atoms with Crippen LogP contribution >= 0.6 is 11.8 Å². The van der Waals surface area contributed by atoms with Gasteiger partial charge in [-0.3, -0.25) is 9.59 Å². The van der Waals surface area contributed by atoms with E-state index in [1.165, 1.54) is 0 Å². The summed E-state index contributed by atoms with van der Waals surface area (Å²) < 4.78 is 0. The Labute approximate surface area is 136 Å². The minimum Gasteiger partial charge on any atom is -0.481 e. The first kappa shape index (κ1) is 18.6. The lowest BCUT2D eigenvalue weighted by molar-refractivity contribution is -0.141. The van der Waals surface area contributed by atoms with E-state index in [0.29, 0.717) is 6.42 Å². The van der Waals surface area contributed by atoms with Crippen molar-refractivity contribution in [3.8, 4) is 0 Å². The minimum absolute atomic E-state index is 0.0218. The zero-order valence-corrected chi connectivity index (χ0v) is 14.4. The van der Waals surface area contributed by atoms with Crippen LogP contribution in [0.3, 0.4) is 0 Å². The molecule has 0 saturated carbocycles. The van der Waals surface area contributed by atoms with Gasteiger partial charge in [0.15, 0.2) is 0 Å². The Bertz CT molecular complexity index is 499. The van der Waals surface area contributed by atoms with Crippen LogP contribution in [0, 0.1) is 11.8 Å². The molecule has 4 nitrogen and oxygen atoms in total. The van der Waals surface area contributed by atoms with Gasteiger partial charge in [-0.25, -0.2) is 0 Å². The SMILES string of the molecule is CCSC(C(=O)Nc1ccc(CC(C)C(=O)O)cc1)C(C)C. The zero-order valence-electron chi connectivity index (χ0n) is 13.6. The van der Waals surface area contributed by atoms with Gasteiger partial charge in [-0.05, 0) is 35.8 Å². The van der Waals surface area contributed by atoms with Crippen molar-refractivity contribution in [1.29, 1.82) is 0 Å². The number of carboxylic acids is 1. The molecule has 2 N–H and O–H groups in total. The monoisotopic (exact) mass is 323 g/mol. The molecule has 0 saturated heterocycles. The highest BCUT2D eigenvalue weighted by molar-refractivity contribution is 8.00. The normalized spacial score (nSPS) is 13.7. The van der Waals surface area contributed by atoms with Crippen molar-refractivity contribution in [2.45, 2.75) is 39.4 Å². The number of amides is 1. The molecule has 2 unspecified atom stereocenters. The second-order valence-corrected chi connectivity index (χ2v) is 7.17. The third-order valence-corrected chi connectivity index (χ3v) is 4.85. The number of hydrogen-bond donors (Lipinski definition) is 2. The first-order chi connectivity index (χ1) is 10.3. The molecule has 1 aromatic carbocycles. The van der Waals surface area contributed by atoms with Gasteiger partial charge in [-0.2, -0.15) is 0 Å². The van der Waals surface area contributed by atoms with Crippen molar-refractivity contribution in [2.24, 2.45) is 11.8 Å². The highest BCUT2D eigenvalue weighted by atomic mass is 32.2. The number of rotatable bonds is 8. The Morgan fingerprint density at radius 2 is 1.77 bits per heavy atom. The van der Waals surface area contributed by atoms with Gasteiger partial charge in [-0.15, -0.1) is 11.8 Å². The molecule has 0 fully saturated rings. The van der Waals surface area contributed by atoms with E-state index in [-0.39, 0.29) is 17.1 Å². The molecule has 0 radical (unpaired) electrons. The predicted octanol–water partition coefficient (Wildman–Crippen LogP) is 3.67. The molecular weight excluding hydrogens is 298 g/mol. The van der Waals surface area contributed by atoms with Crippen LogP contribution in [0.2, 0.25) is 0 Å². The Balaban J connectivity index is 2.67. The number of carboxylic acid groups (broad SMARTS) is 1.